The summed E-state index contributed by atoms with van der Waals surface area (Å²) >= 11 is 0. The fourth-order valence-electron chi connectivity index (χ4n) is 2.00. The molecular weight excluding hydrogens is 248 g/mol. The molecule has 1 aromatic carbocycles. The van der Waals surface area contributed by atoms with Crippen molar-refractivity contribution in [1.29, 1.82) is 0 Å². The highest BCUT2D eigenvalue weighted by molar-refractivity contribution is 7.87. The largest absolute Gasteiger partial charge is 0.279 e. The van der Waals surface area contributed by atoms with Crippen LogP contribution >= 0.6 is 0 Å². The van der Waals surface area contributed by atoms with Crippen LogP contribution in [0.4, 0.5) is 0 Å². The summed E-state index contributed by atoms with van der Waals surface area (Å²) in [5.41, 5.74) is 2.10. The molecule has 0 aromatic heterocycles. The van der Waals surface area contributed by atoms with Gasteiger partial charge in [-0.3, -0.25) is 0 Å². The predicted octanol–water partition coefficient (Wildman–Crippen LogP) is 2.23. The molecule has 0 aliphatic heterocycles. The Hall–Kier alpha value is -0.910. The highest BCUT2D eigenvalue weighted by Gasteiger charge is 2.22. The molecule has 0 bridgehead atoms. The van der Waals surface area contributed by atoms with Crippen LogP contribution in [0.5, 0.6) is 0 Å². The highest BCUT2D eigenvalue weighted by Crippen LogP contribution is 2.18. The summed E-state index contributed by atoms with van der Waals surface area (Å²) < 4.78 is 28.3. The Morgan fingerprint density at radius 1 is 1.22 bits per heavy atom. The molecule has 1 N–H and O–H groups in total. The Bertz CT molecular complexity index is 482. The van der Waals surface area contributed by atoms with Crippen molar-refractivity contribution < 1.29 is 8.42 Å². The second kappa shape index (κ2) is 6.31. The van der Waals surface area contributed by atoms with E-state index >= 15 is 0 Å². The molecule has 0 spiro atoms. The van der Waals surface area contributed by atoms with Gasteiger partial charge in [0, 0.05) is 19.1 Å². The lowest BCUT2D eigenvalue weighted by Gasteiger charge is -2.23. The number of nitrogens with one attached hydrogen (secondary N) is 1. The van der Waals surface area contributed by atoms with E-state index in [0.29, 0.717) is 13.1 Å². The first kappa shape index (κ1) is 15.1. The van der Waals surface area contributed by atoms with Crippen LogP contribution in [0.15, 0.2) is 24.3 Å². The lowest BCUT2D eigenvalue weighted by atomic mass is 10.0. The zero-order chi connectivity index (χ0) is 13.8. The standard InChI is InChI=1S/C13H22N2O2S/c1-5-15(6-2)18(16,17)14-12(4)13-10-8-7-9-11(13)3/h7-10,12,14H,5-6H2,1-4H3. The number of rotatable bonds is 6. The molecule has 1 unspecified atom stereocenters. The van der Waals surface area contributed by atoms with Gasteiger partial charge in [-0.25, -0.2) is 0 Å². The average Bonchev–Trinajstić information content (AvgIpc) is 2.29. The summed E-state index contributed by atoms with van der Waals surface area (Å²) in [5, 5.41) is 0. The Kier molecular flexibility index (Phi) is 5.31. The quantitative estimate of drug-likeness (QED) is 0.861. The van der Waals surface area contributed by atoms with Crippen LogP contribution < -0.4 is 4.72 Å². The van der Waals surface area contributed by atoms with Gasteiger partial charge in [-0.15, -0.1) is 0 Å². The summed E-state index contributed by atoms with van der Waals surface area (Å²) in [7, 11) is -3.40. The molecule has 0 radical (unpaired) electrons. The molecule has 1 aromatic rings. The molecule has 0 heterocycles. The van der Waals surface area contributed by atoms with Crippen molar-refractivity contribution in [1.82, 2.24) is 9.03 Å². The summed E-state index contributed by atoms with van der Waals surface area (Å²) in [6.45, 7) is 8.47. The van der Waals surface area contributed by atoms with E-state index in [1.54, 1.807) is 0 Å². The third kappa shape index (κ3) is 3.54. The van der Waals surface area contributed by atoms with Crippen molar-refractivity contribution in [2.75, 3.05) is 13.1 Å². The zero-order valence-corrected chi connectivity index (χ0v) is 12.3. The number of benzene rings is 1. The average molecular weight is 270 g/mol. The molecule has 4 nitrogen and oxygen atoms in total. The number of hydrogen-bond donors (Lipinski definition) is 1. The van der Waals surface area contributed by atoms with E-state index < -0.39 is 10.2 Å². The summed E-state index contributed by atoms with van der Waals surface area (Å²) in [4.78, 5) is 0. The Balaban J connectivity index is 2.88. The molecule has 102 valence electrons. The highest BCUT2D eigenvalue weighted by atomic mass is 32.2. The van der Waals surface area contributed by atoms with Crippen molar-refractivity contribution in [3.8, 4) is 0 Å². The van der Waals surface area contributed by atoms with Crippen LogP contribution in [0.2, 0.25) is 0 Å². The van der Waals surface area contributed by atoms with Crippen molar-refractivity contribution in [2.45, 2.75) is 33.7 Å². The van der Waals surface area contributed by atoms with Crippen LogP contribution in [0, 0.1) is 6.92 Å². The fraction of sp³-hybridized carbons (Fsp3) is 0.538. The molecule has 0 saturated carbocycles. The monoisotopic (exact) mass is 270 g/mol. The Morgan fingerprint density at radius 2 is 1.78 bits per heavy atom. The summed E-state index contributed by atoms with van der Waals surface area (Å²) in [6.07, 6.45) is 0. The summed E-state index contributed by atoms with van der Waals surface area (Å²) in [6, 6.07) is 7.58. The first-order valence-corrected chi connectivity index (χ1v) is 7.69. The third-order valence-electron chi connectivity index (χ3n) is 3.03. The minimum Gasteiger partial charge on any atom is -0.195 e. The molecule has 5 heteroatoms. The van der Waals surface area contributed by atoms with Gasteiger partial charge in [-0.2, -0.15) is 17.4 Å². The Labute approximate surface area is 110 Å². The van der Waals surface area contributed by atoms with Gasteiger partial charge in [-0.05, 0) is 25.0 Å². The molecule has 18 heavy (non-hydrogen) atoms. The molecule has 0 amide bonds. The maximum absolute atomic E-state index is 12.1. The van der Waals surface area contributed by atoms with Crippen LogP contribution in [0.1, 0.15) is 37.9 Å². The van der Waals surface area contributed by atoms with Gasteiger partial charge in [0.1, 0.15) is 0 Å². The maximum atomic E-state index is 12.1. The molecule has 0 saturated heterocycles. The van der Waals surface area contributed by atoms with Gasteiger partial charge in [0.15, 0.2) is 0 Å². The lowest BCUT2D eigenvalue weighted by Crippen LogP contribution is -2.41. The maximum Gasteiger partial charge on any atom is 0.279 e. The van der Waals surface area contributed by atoms with Gasteiger partial charge >= 0.3 is 0 Å². The van der Waals surface area contributed by atoms with E-state index in [4.69, 9.17) is 0 Å². The van der Waals surface area contributed by atoms with Gasteiger partial charge in [-0.1, -0.05) is 38.1 Å². The lowest BCUT2D eigenvalue weighted by molar-refractivity contribution is 0.428. The van der Waals surface area contributed by atoms with Crippen LogP contribution in [-0.2, 0) is 10.2 Å². The molecule has 0 aliphatic rings. The predicted molar refractivity (Wildman–Crippen MR) is 74.6 cm³/mol. The van der Waals surface area contributed by atoms with E-state index in [0.717, 1.165) is 11.1 Å². The van der Waals surface area contributed by atoms with Crippen molar-refractivity contribution >= 4 is 10.2 Å². The first-order chi connectivity index (χ1) is 8.42. The smallest absolute Gasteiger partial charge is 0.195 e. The second-order valence-corrected chi connectivity index (χ2v) is 5.99. The Morgan fingerprint density at radius 3 is 2.28 bits per heavy atom. The molecule has 1 atom stereocenters. The van der Waals surface area contributed by atoms with Crippen LogP contribution in [-0.4, -0.2) is 25.8 Å². The van der Waals surface area contributed by atoms with Gasteiger partial charge in [0.05, 0.1) is 0 Å². The second-order valence-electron chi connectivity index (χ2n) is 4.29. The van der Waals surface area contributed by atoms with E-state index in [1.165, 1.54) is 4.31 Å². The van der Waals surface area contributed by atoms with Crippen molar-refractivity contribution in [3.63, 3.8) is 0 Å². The van der Waals surface area contributed by atoms with Gasteiger partial charge < -0.3 is 0 Å². The normalized spacial score (nSPS) is 13.8. The molecule has 0 fully saturated rings. The van der Waals surface area contributed by atoms with E-state index in [1.807, 2.05) is 52.0 Å². The van der Waals surface area contributed by atoms with E-state index in [2.05, 4.69) is 4.72 Å². The number of hydrogen-bond acceptors (Lipinski definition) is 2. The third-order valence-corrected chi connectivity index (χ3v) is 4.87. The van der Waals surface area contributed by atoms with Gasteiger partial charge in [0.25, 0.3) is 10.2 Å². The first-order valence-electron chi connectivity index (χ1n) is 6.25. The van der Waals surface area contributed by atoms with E-state index in [-0.39, 0.29) is 6.04 Å². The fourth-order valence-corrected chi connectivity index (χ4v) is 3.40. The topological polar surface area (TPSA) is 49.4 Å². The van der Waals surface area contributed by atoms with Crippen LogP contribution in [0.3, 0.4) is 0 Å². The molecular formula is C13H22N2O2S. The van der Waals surface area contributed by atoms with Gasteiger partial charge in [0.2, 0.25) is 0 Å². The zero-order valence-electron chi connectivity index (χ0n) is 11.5. The summed E-state index contributed by atoms with van der Waals surface area (Å²) in [5.74, 6) is 0. The van der Waals surface area contributed by atoms with Crippen molar-refractivity contribution in [3.05, 3.63) is 35.4 Å². The molecule has 0 aliphatic carbocycles. The van der Waals surface area contributed by atoms with Crippen LogP contribution in [0.25, 0.3) is 0 Å². The number of aryl methyl sites for hydroxylation is 1. The minimum absolute atomic E-state index is 0.225. The van der Waals surface area contributed by atoms with Crippen molar-refractivity contribution in [2.24, 2.45) is 0 Å². The minimum atomic E-state index is -3.40. The molecule has 1 rings (SSSR count). The van der Waals surface area contributed by atoms with E-state index in [9.17, 15) is 8.42 Å². The number of nitrogens with zero attached hydrogens (tertiary/aromatic N) is 1. The SMILES string of the molecule is CCN(CC)S(=O)(=O)NC(C)c1ccccc1C.